The molecule has 5 nitrogen and oxygen atoms in total. The zero-order valence-electron chi connectivity index (χ0n) is 11.4. The van der Waals surface area contributed by atoms with E-state index in [4.69, 9.17) is 5.73 Å². The Labute approximate surface area is 118 Å². The highest BCUT2D eigenvalue weighted by Crippen LogP contribution is 2.30. The van der Waals surface area contributed by atoms with Crippen molar-refractivity contribution in [3.63, 3.8) is 0 Å². The summed E-state index contributed by atoms with van der Waals surface area (Å²) >= 11 is 0. The summed E-state index contributed by atoms with van der Waals surface area (Å²) < 4.78 is 0. The second kappa shape index (κ2) is 5.94. The maximum absolute atomic E-state index is 11.9. The molecule has 1 aromatic rings. The number of aryl methyl sites for hydroxylation is 1. The molecule has 2 rings (SSSR count). The lowest BCUT2D eigenvalue weighted by molar-refractivity contribution is -0.147. The Kier molecular flexibility index (Phi) is 4.27. The molecule has 1 aliphatic rings. The number of anilines is 1. The van der Waals surface area contributed by atoms with Crippen LogP contribution in [0.25, 0.3) is 0 Å². The van der Waals surface area contributed by atoms with Crippen LogP contribution in [-0.4, -0.2) is 22.5 Å². The number of rotatable bonds is 5. The maximum atomic E-state index is 11.9. The molecule has 4 N–H and O–H groups in total. The van der Waals surface area contributed by atoms with Gasteiger partial charge in [0.05, 0.1) is 0 Å². The second-order valence-electron chi connectivity index (χ2n) is 5.38. The number of nitrogens with two attached hydrogens (primary N) is 1. The van der Waals surface area contributed by atoms with Crippen molar-refractivity contribution in [2.45, 2.75) is 44.1 Å². The molecule has 1 aromatic carbocycles. The predicted molar refractivity (Wildman–Crippen MR) is 76.2 cm³/mol. The van der Waals surface area contributed by atoms with Gasteiger partial charge in [-0.2, -0.15) is 0 Å². The number of nitrogen functional groups attached to an aromatic ring is 1. The lowest BCUT2D eigenvalue weighted by Crippen LogP contribution is -2.52. The fourth-order valence-corrected chi connectivity index (χ4v) is 2.64. The lowest BCUT2D eigenvalue weighted by atomic mass is 9.97. The van der Waals surface area contributed by atoms with Crippen LogP contribution in [-0.2, 0) is 16.0 Å². The van der Waals surface area contributed by atoms with E-state index in [1.165, 1.54) is 0 Å². The number of carbonyl (C=O) groups excluding carboxylic acids is 1. The summed E-state index contributed by atoms with van der Waals surface area (Å²) in [5, 5.41) is 12.0. The summed E-state index contributed by atoms with van der Waals surface area (Å²) in [5.74, 6) is -1.12. The van der Waals surface area contributed by atoms with E-state index in [1.54, 1.807) is 12.1 Å². The number of carboxylic acids is 1. The molecular formula is C15H20N2O3. The van der Waals surface area contributed by atoms with Crippen molar-refractivity contribution >= 4 is 17.6 Å². The van der Waals surface area contributed by atoms with Gasteiger partial charge in [0.25, 0.3) is 0 Å². The van der Waals surface area contributed by atoms with Crippen LogP contribution in [0, 0.1) is 0 Å². The minimum absolute atomic E-state index is 0.203. The highest BCUT2D eigenvalue weighted by atomic mass is 16.4. The average Bonchev–Trinajstić information content (AvgIpc) is 2.88. The topological polar surface area (TPSA) is 92.4 Å². The number of hydrogen-bond acceptors (Lipinski definition) is 3. The zero-order valence-corrected chi connectivity index (χ0v) is 11.4. The van der Waals surface area contributed by atoms with E-state index in [0.717, 1.165) is 18.4 Å². The normalized spacial score (nSPS) is 16.8. The van der Waals surface area contributed by atoms with Crippen LogP contribution in [0.4, 0.5) is 5.69 Å². The smallest absolute Gasteiger partial charge is 0.329 e. The predicted octanol–water partition coefficient (Wildman–Crippen LogP) is 1.71. The fourth-order valence-electron chi connectivity index (χ4n) is 2.64. The molecule has 108 valence electrons. The number of nitrogens with one attached hydrogen (secondary N) is 1. The maximum Gasteiger partial charge on any atom is 0.329 e. The first-order valence-corrected chi connectivity index (χ1v) is 6.91. The fraction of sp³-hybridized carbons (Fsp3) is 0.467. The van der Waals surface area contributed by atoms with Gasteiger partial charge in [0.1, 0.15) is 5.54 Å². The van der Waals surface area contributed by atoms with Crippen LogP contribution in [0.5, 0.6) is 0 Å². The number of benzene rings is 1. The SMILES string of the molecule is Nc1ccc(CCC(=O)NC2(C(=O)O)CCCC2)cc1. The van der Waals surface area contributed by atoms with Crippen LogP contribution in [0.2, 0.25) is 0 Å². The van der Waals surface area contributed by atoms with Crippen molar-refractivity contribution in [3.05, 3.63) is 29.8 Å². The summed E-state index contributed by atoms with van der Waals surface area (Å²) in [4.78, 5) is 23.3. The van der Waals surface area contributed by atoms with Crippen molar-refractivity contribution in [2.75, 3.05) is 5.73 Å². The molecule has 1 aliphatic carbocycles. The summed E-state index contributed by atoms with van der Waals surface area (Å²) in [7, 11) is 0. The third-order valence-electron chi connectivity index (χ3n) is 3.87. The molecule has 0 aliphatic heterocycles. The van der Waals surface area contributed by atoms with Crippen molar-refractivity contribution in [1.82, 2.24) is 5.32 Å². The number of carboxylic acid groups (broad SMARTS) is 1. The molecule has 0 spiro atoms. The Bertz CT molecular complexity index is 490. The highest BCUT2D eigenvalue weighted by molar-refractivity contribution is 5.87. The third kappa shape index (κ3) is 3.29. The van der Waals surface area contributed by atoms with Crippen molar-refractivity contribution in [2.24, 2.45) is 0 Å². The Morgan fingerprint density at radius 3 is 2.35 bits per heavy atom. The Balaban J connectivity index is 1.89. The molecule has 0 atom stereocenters. The van der Waals surface area contributed by atoms with E-state index in [0.29, 0.717) is 31.4 Å². The zero-order chi connectivity index (χ0) is 14.6. The van der Waals surface area contributed by atoms with Crippen LogP contribution >= 0.6 is 0 Å². The first-order chi connectivity index (χ1) is 9.52. The van der Waals surface area contributed by atoms with Crippen molar-refractivity contribution in [1.29, 1.82) is 0 Å². The molecule has 0 bridgehead atoms. The summed E-state index contributed by atoms with van der Waals surface area (Å²) in [6.45, 7) is 0. The van der Waals surface area contributed by atoms with Gasteiger partial charge in [0.15, 0.2) is 0 Å². The molecule has 0 heterocycles. The van der Waals surface area contributed by atoms with E-state index in [1.807, 2.05) is 12.1 Å². The summed E-state index contributed by atoms with van der Waals surface area (Å²) in [6, 6.07) is 7.35. The van der Waals surface area contributed by atoms with Gasteiger partial charge in [0, 0.05) is 12.1 Å². The van der Waals surface area contributed by atoms with Gasteiger partial charge in [0.2, 0.25) is 5.91 Å². The second-order valence-corrected chi connectivity index (χ2v) is 5.38. The molecule has 5 heteroatoms. The molecule has 1 fully saturated rings. The number of amides is 1. The Hall–Kier alpha value is -2.04. The number of aliphatic carboxylic acids is 1. The molecular weight excluding hydrogens is 256 g/mol. The molecule has 0 saturated heterocycles. The van der Waals surface area contributed by atoms with Gasteiger partial charge < -0.3 is 16.2 Å². The van der Waals surface area contributed by atoms with Gasteiger partial charge in [-0.25, -0.2) is 4.79 Å². The first kappa shape index (κ1) is 14.4. The summed E-state index contributed by atoms with van der Waals surface area (Å²) in [5.41, 5.74) is 6.26. The van der Waals surface area contributed by atoms with Gasteiger partial charge in [-0.1, -0.05) is 25.0 Å². The minimum atomic E-state index is -1.04. The van der Waals surface area contributed by atoms with Crippen molar-refractivity contribution < 1.29 is 14.7 Å². The molecule has 0 unspecified atom stereocenters. The first-order valence-electron chi connectivity index (χ1n) is 6.91. The standard InChI is InChI=1S/C15H20N2O3/c16-12-6-3-11(4-7-12)5-8-13(18)17-15(14(19)20)9-1-2-10-15/h3-4,6-7H,1-2,5,8-10,16H2,(H,17,18)(H,19,20). The average molecular weight is 276 g/mol. The highest BCUT2D eigenvalue weighted by Gasteiger charge is 2.42. The lowest BCUT2D eigenvalue weighted by Gasteiger charge is -2.25. The van der Waals surface area contributed by atoms with Gasteiger partial charge in [-0.3, -0.25) is 4.79 Å². The number of hydrogen-bond donors (Lipinski definition) is 3. The van der Waals surface area contributed by atoms with Crippen molar-refractivity contribution in [3.8, 4) is 0 Å². The van der Waals surface area contributed by atoms with Crippen LogP contribution in [0.3, 0.4) is 0 Å². The molecule has 0 radical (unpaired) electrons. The molecule has 1 saturated carbocycles. The van der Waals surface area contributed by atoms with E-state index in [9.17, 15) is 14.7 Å². The van der Waals surface area contributed by atoms with Crippen LogP contribution < -0.4 is 11.1 Å². The largest absolute Gasteiger partial charge is 0.480 e. The monoisotopic (exact) mass is 276 g/mol. The van der Waals surface area contributed by atoms with Gasteiger partial charge in [-0.15, -0.1) is 0 Å². The summed E-state index contributed by atoms with van der Waals surface area (Å²) in [6.07, 6.45) is 3.63. The molecule has 20 heavy (non-hydrogen) atoms. The van der Waals surface area contributed by atoms with Gasteiger partial charge in [-0.05, 0) is 37.0 Å². The molecule has 1 amide bonds. The van der Waals surface area contributed by atoms with Crippen LogP contribution in [0.1, 0.15) is 37.7 Å². The van der Waals surface area contributed by atoms with E-state index >= 15 is 0 Å². The Morgan fingerprint density at radius 1 is 1.20 bits per heavy atom. The third-order valence-corrected chi connectivity index (χ3v) is 3.87. The van der Waals surface area contributed by atoms with Crippen LogP contribution in [0.15, 0.2) is 24.3 Å². The van der Waals surface area contributed by atoms with Gasteiger partial charge >= 0.3 is 5.97 Å². The minimum Gasteiger partial charge on any atom is -0.480 e. The van der Waals surface area contributed by atoms with E-state index in [2.05, 4.69) is 5.32 Å². The Morgan fingerprint density at radius 2 is 1.80 bits per heavy atom. The van der Waals surface area contributed by atoms with E-state index in [-0.39, 0.29) is 5.91 Å². The quantitative estimate of drug-likeness (QED) is 0.714. The number of carbonyl (C=O) groups is 2. The van der Waals surface area contributed by atoms with E-state index < -0.39 is 11.5 Å². The molecule has 0 aromatic heterocycles.